The van der Waals surface area contributed by atoms with Gasteiger partial charge in [-0.3, -0.25) is 14.3 Å². The summed E-state index contributed by atoms with van der Waals surface area (Å²) < 4.78 is 82.9. The number of alkyl halides is 4. The van der Waals surface area contributed by atoms with Crippen molar-refractivity contribution in [2.24, 2.45) is 0 Å². The molecule has 1 fully saturated rings. The highest BCUT2D eigenvalue weighted by molar-refractivity contribution is 7.45. The van der Waals surface area contributed by atoms with Crippen LogP contribution in [0.15, 0.2) is 46.1 Å². The Balaban J connectivity index is 0.00000132. The van der Waals surface area contributed by atoms with Crippen LogP contribution >= 0.6 is 8.53 Å². The third-order valence-electron chi connectivity index (χ3n) is 4.52. The van der Waals surface area contributed by atoms with Crippen molar-refractivity contribution in [1.29, 1.82) is 0 Å². The number of rotatable bonds is 10. The first-order valence-electron chi connectivity index (χ1n) is 12.0. The maximum Gasteiger partial charge on any atom is 0.330 e. The molecule has 228 valence electrons. The molecule has 1 aliphatic rings. The van der Waals surface area contributed by atoms with Crippen LogP contribution in [0.3, 0.4) is 0 Å². The highest BCUT2D eigenvalue weighted by Gasteiger charge is 2.51. The Morgan fingerprint density at radius 3 is 2.33 bits per heavy atom. The molecule has 2 N–H and O–H groups in total. The minimum Gasteiger partial charge on any atom is -0.436 e. The molecule has 2 heterocycles. The Morgan fingerprint density at radius 2 is 1.80 bits per heavy atom. The second kappa shape index (κ2) is 20.2. The summed E-state index contributed by atoms with van der Waals surface area (Å²) in [6, 6.07) is 8.39. The molecule has 10 nitrogen and oxygen atoms in total. The molecule has 0 radical (unpaired) electrons. The van der Waals surface area contributed by atoms with Gasteiger partial charge in [0.2, 0.25) is 12.7 Å². The Labute approximate surface area is 229 Å². The molecule has 0 saturated carbocycles. The number of aromatic nitrogens is 2. The molecule has 1 aliphatic heterocycles. The molecular weight excluding hydrogens is 568 g/mol. The molecule has 3 unspecified atom stereocenters. The van der Waals surface area contributed by atoms with Gasteiger partial charge in [0, 0.05) is 7.11 Å². The number of ether oxygens (including phenoxy) is 2. The number of aldehydes is 1. The van der Waals surface area contributed by atoms with Crippen molar-refractivity contribution in [3.8, 4) is 5.75 Å². The van der Waals surface area contributed by atoms with Gasteiger partial charge in [0.05, 0.1) is 31.9 Å². The van der Waals surface area contributed by atoms with E-state index < -0.39 is 63.8 Å². The van der Waals surface area contributed by atoms with Crippen LogP contribution in [0, 0.1) is 5.82 Å². The van der Waals surface area contributed by atoms with E-state index in [9.17, 15) is 36.3 Å². The van der Waals surface area contributed by atoms with Crippen molar-refractivity contribution in [3.05, 3.63) is 63.2 Å². The van der Waals surface area contributed by atoms with Crippen LogP contribution in [-0.2, 0) is 18.8 Å². The van der Waals surface area contributed by atoms with E-state index in [1.807, 2.05) is 27.7 Å². The molecular formula is C24H35F5N3O7P. The van der Waals surface area contributed by atoms with E-state index in [2.05, 4.69) is 5.09 Å². The van der Waals surface area contributed by atoms with E-state index in [0.717, 1.165) is 0 Å². The monoisotopic (exact) mass is 603 g/mol. The normalized spacial score (nSPS) is 17.8. The quantitative estimate of drug-likeness (QED) is 0.229. The van der Waals surface area contributed by atoms with Crippen molar-refractivity contribution >= 4 is 14.8 Å². The van der Waals surface area contributed by atoms with Gasteiger partial charge in [0.15, 0.2) is 0 Å². The summed E-state index contributed by atoms with van der Waals surface area (Å²) in [6.07, 6.45) is -2.74. The van der Waals surface area contributed by atoms with Crippen LogP contribution in [0.5, 0.6) is 5.75 Å². The number of carbonyl (C=O) groups is 1. The number of benzene rings is 1. The zero-order chi connectivity index (χ0) is 30.7. The first-order valence-corrected chi connectivity index (χ1v) is 13.2. The predicted molar refractivity (Wildman–Crippen MR) is 139 cm³/mol. The number of halogens is 5. The molecule has 1 aromatic carbocycles. The fourth-order valence-electron chi connectivity index (χ4n) is 2.63. The number of H-pyrrole nitrogens is 1. The summed E-state index contributed by atoms with van der Waals surface area (Å²) in [4.78, 5) is 35.2. The summed E-state index contributed by atoms with van der Waals surface area (Å²) in [5.74, 6) is -4.32. The fourth-order valence-corrected chi connectivity index (χ4v) is 3.65. The van der Waals surface area contributed by atoms with Crippen LogP contribution in [0.2, 0.25) is 0 Å². The smallest absolute Gasteiger partial charge is 0.330 e. The molecule has 0 aliphatic carbocycles. The Bertz CT molecular complexity index is 1080. The van der Waals surface area contributed by atoms with Gasteiger partial charge in [0.25, 0.3) is 11.5 Å². The van der Waals surface area contributed by atoms with Crippen molar-refractivity contribution in [1.82, 2.24) is 14.6 Å². The summed E-state index contributed by atoms with van der Waals surface area (Å²) in [5.41, 5.74) is -2.34. The lowest BCUT2D eigenvalue weighted by Crippen LogP contribution is -2.34. The summed E-state index contributed by atoms with van der Waals surface area (Å²) in [7, 11) is -0.256. The van der Waals surface area contributed by atoms with Gasteiger partial charge in [-0.15, -0.1) is 0 Å². The zero-order valence-electron chi connectivity index (χ0n) is 22.7. The maximum atomic E-state index is 14.4. The lowest BCUT2D eigenvalue weighted by Gasteiger charge is -2.22. The van der Waals surface area contributed by atoms with E-state index in [0.29, 0.717) is 28.9 Å². The molecule has 2 aromatic rings. The fraction of sp³-hybridized carbons (Fsp3) is 0.542. The molecule has 40 heavy (non-hydrogen) atoms. The first-order chi connectivity index (χ1) is 19.0. The largest absolute Gasteiger partial charge is 0.436 e. The highest BCUT2D eigenvalue weighted by Crippen LogP contribution is 2.43. The molecule has 1 saturated heterocycles. The molecule has 0 spiro atoms. The minimum absolute atomic E-state index is 0.130. The summed E-state index contributed by atoms with van der Waals surface area (Å²) >= 11 is 0. The topological polar surface area (TPSA) is 121 Å². The van der Waals surface area contributed by atoms with E-state index >= 15 is 0 Å². The second-order valence-corrected chi connectivity index (χ2v) is 8.83. The molecule has 0 amide bonds. The zero-order valence-corrected chi connectivity index (χ0v) is 23.6. The third kappa shape index (κ3) is 13.6. The maximum absolute atomic E-state index is 14.4. The Morgan fingerprint density at radius 1 is 1.23 bits per heavy atom. The number of aromatic amines is 1. The lowest BCUT2D eigenvalue weighted by atomic mass is 10.2. The van der Waals surface area contributed by atoms with Gasteiger partial charge in [-0.05, 0) is 26.0 Å². The number of methoxy groups -OCH3 is 1. The number of para-hydroxylation sites is 1. The van der Waals surface area contributed by atoms with Gasteiger partial charge >= 0.3 is 14.2 Å². The van der Waals surface area contributed by atoms with Crippen LogP contribution in [0.25, 0.3) is 0 Å². The number of nitrogens with zero attached hydrogens (tertiary/aromatic N) is 1. The highest BCUT2D eigenvalue weighted by atomic mass is 31.2. The SMILES string of the molecule is CC.COC(C)C.FCF.O=CCNP(OCC1OC(n2cc(F)c(=O)[nH]c2=O)CC1(F)F)Oc1ccccc1. The van der Waals surface area contributed by atoms with E-state index in [-0.39, 0.29) is 6.54 Å². The lowest BCUT2D eigenvalue weighted by molar-refractivity contribution is -0.107. The predicted octanol–water partition coefficient (Wildman–Crippen LogP) is 4.66. The van der Waals surface area contributed by atoms with E-state index in [1.165, 1.54) is 0 Å². The van der Waals surface area contributed by atoms with E-state index in [1.54, 1.807) is 42.4 Å². The van der Waals surface area contributed by atoms with Gasteiger partial charge in [-0.1, -0.05) is 32.0 Å². The van der Waals surface area contributed by atoms with Crippen LogP contribution in [-0.4, -0.2) is 61.2 Å². The average Bonchev–Trinajstić information content (AvgIpc) is 3.23. The van der Waals surface area contributed by atoms with Gasteiger partial charge in [0.1, 0.15) is 24.4 Å². The summed E-state index contributed by atoms with van der Waals surface area (Å²) in [5, 5.41) is 2.64. The Hall–Kier alpha value is -2.71. The second-order valence-electron chi connectivity index (χ2n) is 7.56. The van der Waals surface area contributed by atoms with Gasteiger partial charge in [-0.25, -0.2) is 27.4 Å². The van der Waals surface area contributed by atoms with E-state index in [4.69, 9.17) is 18.5 Å². The van der Waals surface area contributed by atoms with Crippen LogP contribution in [0.4, 0.5) is 22.0 Å². The number of hydrogen-bond donors (Lipinski definition) is 2. The van der Waals surface area contributed by atoms with Crippen molar-refractivity contribution in [2.75, 3.05) is 27.2 Å². The molecule has 0 bridgehead atoms. The minimum atomic E-state index is -3.41. The van der Waals surface area contributed by atoms with Gasteiger partial charge in [-0.2, -0.15) is 4.39 Å². The number of carbonyl (C=O) groups excluding carboxylic acids is 1. The molecule has 1 aromatic heterocycles. The van der Waals surface area contributed by atoms with Crippen molar-refractivity contribution < 1.29 is 45.3 Å². The standard InChI is InChI=1S/C17H17F3N3O6P.C4H10O.C2H6.CH2F2/c18-12-9-23(16(26)22-15(12)25)14-8-17(19,20)13(28-14)10-27-30(21-6-7-24)29-11-4-2-1-3-5-11;1-4(2)5-3;1-2;2-1-3/h1-5,7,9,13-14,21H,6,8,10H2,(H,22,25,26);4H,1-3H3;1-2H3;1H2. The van der Waals surface area contributed by atoms with Crippen LogP contribution < -0.4 is 20.9 Å². The third-order valence-corrected chi connectivity index (χ3v) is 5.72. The van der Waals surface area contributed by atoms with Gasteiger partial charge < -0.3 is 23.3 Å². The van der Waals surface area contributed by atoms with Crippen LogP contribution in [0.1, 0.15) is 40.3 Å². The van der Waals surface area contributed by atoms with Crippen molar-refractivity contribution in [2.45, 2.75) is 58.5 Å². The molecule has 3 rings (SSSR count). The molecule has 3 atom stereocenters. The first kappa shape index (κ1) is 37.3. The summed E-state index contributed by atoms with van der Waals surface area (Å²) in [6.45, 7) is 5.49. The molecule has 16 heteroatoms. The number of nitrogens with one attached hydrogen (secondary N) is 2. The average molecular weight is 604 g/mol. The Kier molecular flexibility index (Phi) is 18.8. The van der Waals surface area contributed by atoms with Crippen molar-refractivity contribution in [3.63, 3.8) is 0 Å². The number of hydrogen-bond acceptors (Lipinski definition) is 8.